The van der Waals surface area contributed by atoms with E-state index in [2.05, 4.69) is 41.2 Å². The molecule has 0 radical (unpaired) electrons. The first-order valence-electron chi connectivity index (χ1n) is 12.2. The summed E-state index contributed by atoms with van der Waals surface area (Å²) in [6, 6.07) is 23.7. The lowest BCUT2D eigenvalue weighted by Crippen LogP contribution is -2.13. The van der Waals surface area contributed by atoms with Crippen LogP contribution in [0.15, 0.2) is 79.0 Å². The van der Waals surface area contributed by atoms with E-state index >= 15 is 0 Å². The number of imidazole rings is 1. The third-order valence-electron chi connectivity index (χ3n) is 6.13. The predicted molar refractivity (Wildman–Crippen MR) is 145 cm³/mol. The highest BCUT2D eigenvalue weighted by Crippen LogP contribution is 2.24. The Hall–Kier alpha value is -3.90. The van der Waals surface area contributed by atoms with Crippen LogP contribution in [0.5, 0.6) is 5.75 Å². The highest BCUT2D eigenvalue weighted by molar-refractivity contribution is 6.04. The van der Waals surface area contributed by atoms with Gasteiger partial charge in [0.1, 0.15) is 18.2 Å². The molecule has 0 aliphatic rings. The molecule has 0 spiro atoms. The van der Waals surface area contributed by atoms with Crippen molar-refractivity contribution in [3.63, 3.8) is 0 Å². The summed E-state index contributed by atoms with van der Waals surface area (Å²) in [5, 5.41) is 2.98. The van der Waals surface area contributed by atoms with Gasteiger partial charge in [-0.15, -0.1) is 0 Å². The second-order valence-electron chi connectivity index (χ2n) is 9.60. The second-order valence-corrected chi connectivity index (χ2v) is 9.60. The first-order valence-corrected chi connectivity index (χ1v) is 12.2. The van der Waals surface area contributed by atoms with Crippen LogP contribution in [0.2, 0.25) is 0 Å². The van der Waals surface area contributed by atoms with Crippen LogP contribution in [0.25, 0.3) is 11.3 Å². The molecule has 0 atom stereocenters. The molecule has 3 aromatic carbocycles. The summed E-state index contributed by atoms with van der Waals surface area (Å²) >= 11 is 0. The van der Waals surface area contributed by atoms with Crippen molar-refractivity contribution in [3.05, 3.63) is 102 Å². The highest BCUT2D eigenvalue weighted by atomic mass is 16.5. The second kappa shape index (κ2) is 11.2. The maximum absolute atomic E-state index is 12.7. The molecule has 0 saturated carbocycles. The summed E-state index contributed by atoms with van der Waals surface area (Å²) in [6.45, 7) is 5.57. The fourth-order valence-corrected chi connectivity index (χ4v) is 4.02. The van der Waals surface area contributed by atoms with Gasteiger partial charge in [-0.2, -0.15) is 0 Å². The van der Waals surface area contributed by atoms with Gasteiger partial charge in [-0.3, -0.25) is 4.79 Å². The Labute approximate surface area is 213 Å². The Balaban J connectivity index is 1.38. The van der Waals surface area contributed by atoms with E-state index in [9.17, 15) is 4.79 Å². The van der Waals surface area contributed by atoms with Gasteiger partial charge in [0.05, 0.1) is 11.9 Å². The number of hydrogen-bond acceptors (Lipinski definition) is 4. The van der Waals surface area contributed by atoms with Gasteiger partial charge in [0.25, 0.3) is 5.91 Å². The maximum atomic E-state index is 12.7. The number of carbonyl (C=O) groups excluding carboxylic acids is 1. The Morgan fingerprint density at radius 3 is 2.42 bits per heavy atom. The number of ether oxygens (including phenoxy) is 1. The molecular formula is C30H34N4O2. The van der Waals surface area contributed by atoms with Crippen molar-refractivity contribution in [3.8, 4) is 17.0 Å². The number of carbonyl (C=O) groups is 1. The Morgan fingerprint density at radius 2 is 1.75 bits per heavy atom. The molecule has 0 unspecified atom stereocenters. The summed E-state index contributed by atoms with van der Waals surface area (Å²) < 4.78 is 8.05. The average molecular weight is 483 g/mol. The van der Waals surface area contributed by atoms with E-state index in [1.165, 1.54) is 11.1 Å². The molecule has 0 saturated heterocycles. The van der Waals surface area contributed by atoms with Gasteiger partial charge in [0.2, 0.25) is 0 Å². The molecule has 1 heterocycles. The van der Waals surface area contributed by atoms with Crippen molar-refractivity contribution in [1.82, 2.24) is 14.5 Å². The minimum Gasteiger partial charge on any atom is -0.486 e. The van der Waals surface area contributed by atoms with Gasteiger partial charge in [-0.05, 0) is 73.1 Å². The van der Waals surface area contributed by atoms with Crippen LogP contribution in [0.3, 0.4) is 0 Å². The van der Waals surface area contributed by atoms with E-state index in [0.29, 0.717) is 18.1 Å². The zero-order valence-electron chi connectivity index (χ0n) is 21.7. The minimum atomic E-state index is -0.124. The van der Waals surface area contributed by atoms with Gasteiger partial charge >= 0.3 is 0 Å². The third kappa shape index (κ3) is 6.20. The Morgan fingerprint density at radius 1 is 1.03 bits per heavy atom. The third-order valence-corrected chi connectivity index (χ3v) is 6.13. The van der Waals surface area contributed by atoms with Gasteiger partial charge in [0, 0.05) is 24.8 Å². The fraction of sp³-hybridized carbons (Fsp3) is 0.267. The van der Waals surface area contributed by atoms with E-state index in [1.54, 1.807) is 0 Å². The monoisotopic (exact) mass is 482 g/mol. The van der Waals surface area contributed by atoms with Crippen LogP contribution < -0.4 is 10.1 Å². The van der Waals surface area contributed by atoms with E-state index < -0.39 is 0 Å². The molecule has 1 amide bonds. The lowest BCUT2D eigenvalue weighted by atomic mass is 10.0. The molecule has 1 aromatic heterocycles. The first kappa shape index (κ1) is 25.2. The number of nitrogens with one attached hydrogen (secondary N) is 1. The standard InChI is InChI=1S/C30H34N4O2/c1-21(2)25-7-6-8-27(17-25)36-20-29-31-18-28(34(29)5)23-13-15-26(16-14-23)32-30(35)24-11-9-22(10-12-24)19-33(3)4/h6-18,21H,19-20H2,1-5H3,(H,32,35). The summed E-state index contributed by atoms with van der Waals surface area (Å²) in [6.07, 6.45) is 1.85. The van der Waals surface area contributed by atoms with Gasteiger partial charge < -0.3 is 19.5 Å². The molecule has 0 bridgehead atoms. The molecule has 4 rings (SSSR count). The average Bonchev–Trinajstić information content (AvgIpc) is 3.23. The van der Waals surface area contributed by atoms with E-state index in [4.69, 9.17) is 4.74 Å². The van der Waals surface area contributed by atoms with Crippen LogP contribution in [0.1, 0.15) is 47.1 Å². The van der Waals surface area contributed by atoms with E-state index in [-0.39, 0.29) is 5.91 Å². The lowest BCUT2D eigenvalue weighted by Gasteiger charge is -2.11. The highest BCUT2D eigenvalue weighted by Gasteiger charge is 2.11. The largest absolute Gasteiger partial charge is 0.486 e. The van der Waals surface area contributed by atoms with Crippen LogP contribution in [0, 0.1) is 0 Å². The van der Waals surface area contributed by atoms with Crippen molar-refractivity contribution in [1.29, 1.82) is 0 Å². The summed E-state index contributed by atoms with van der Waals surface area (Å²) in [5.41, 5.74) is 5.81. The number of amides is 1. The number of rotatable bonds is 9. The Kier molecular flexibility index (Phi) is 7.86. The molecule has 0 aliphatic heterocycles. The molecule has 6 nitrogen and oxygen atoms in total. The van der Waals surface area contributed by atoms with Gasteiger partial charge in [-0.25, -0.2) is 4.98 Å². The van der Waals surface area contributed by atoms with Gasteiger partial charge in [0.15, 0.2) is 0 Å². The van der Waals surface area contributed by atoms with Crippen molar-refractivity contribution >= 4 is 11.6 Å². The Bertz CT molecular complexity index is 1310. The topological polar surface area (TPSA) is 59.4 Å². The summed E-state index contributed by atoms with van der Waals surface area (Å²) in [5.74, 6) is 2.02. The zero-order chi connectivity index (χ0) is 25.7. The smallest absolute Gasteiger partial charge is 0.255 e. The van der Waals surface area contributed by atoms with Crippen LogP contribution >= 0.6 is 0 Å². The normalized spacial score (nSPS) is 11.2. The molecule has 1 N–H and O–H groups in total. The van der Waals surface area contributed by atoms with Crippen molar-refractivity contribution in [2.75, 3.05) is 19.4 Å². The SMILES string of the molecule is CC(C)c1cccc(OCc2ncc(-c3ccc(NC(=O)c4ccc(CN(C)C)cc4)cc3)n2C)c1. The maximum Gasteiger partial charge on any atom is 0.255 e. The van der Waals surface area contributed by atoms with Crippen LogP contribution in [0.4, 0.5) is 5.69 Å². The molecular weight excluding hydrogens is 448 g/mol. The molecule has 4 aromatic rings. The number of nitrogens with zero attached hydrogens (tertiary/aromatic N) is 3. The quantitative estimate of drug-likeness (QED) is 0.313. The van der Waals surface area contributed by atoms with E-state index in [0.717, 1.165) is 35.1 Å². The van der Waals surface area contributed by atoms with Gasteiger partial charge in [-0.1, -0.05) is 50.2 Å². The van der Waals surface area contributed by atoms with Crippen molar-refractivity contribution < 1.29 is 9.53 Å². The molecule has 0 fully saturated rings. The van der Waals surface area contributed by atoms with Crippen LogP contribution in [-0.4, -0.2) is 34.5 Å². The predicted octanol–water partition coefficient (Wildman–Crippen LogP) is 6.10. The first-order chi connectivity index (χ1) is 17.3. The molecule has 36 heavy (non-hydrogen) atoms. The lowest BCUT2D eigenvalue weighted by molar-refractivity contribution is 0.102. The summed E-state index contributed by atoms with van der Waals surface area (Å²) in [7, 11) is 6.04. The van der Waals surface area contributed by atoms with E-state index in [1.807, 2.05) is 92.6 Å². The van der Waals surface area contributed by atoms with Crippen molar-refractivity contribution in [2.45, 2.75) is 32.9 Å². The molecule has 0 aliphatic carbocycles. The zero-order valence-corrected chi connectivity index (χ0v) is 21.7. The fourth-order valence-electron chi connectivity index (χ4n) is 4.02. The number of anilines is 1. The number of hydrogen-bond donors (Lipinski definition) is 1. The molecule has 6 heteroatoms. The summed E-state index contributed by atoms with van der Waals surface area (Å²) in [4.78, 5) is 19.3. The van der Waals surface area contributed by atoms with Crippen molar-refractivity contribution in [2.24, 2.45) is 7.05 Å². The van der Waals surface area contributed by atoms with Crippen LogP contribution in [-0.2, 0) is 20.2 Å². The number of benzene rings is 3. The minimum absolute atomic E-state index is 0.124. The number of aromatic nitrogens is 2. The molecule has 186 valence electrons.